The van der Waals surface area contributed by atoms with E-state index >= 15 is 0 Å². The molecule has 1 heterocycles. The van der Waals surface area contributed by atoms with Crippen LogP contribution in [0.1, 0.15) is 28.8 Å². The van der Waals surface area contributed by atoms with Crippen molar-refractivity contribution in [3.63, 3.8) is 0 Å². The Labute approximate surface area is 111 Å². The SMILES string of the molecule is Cc1ccc(OCC(=O)N2CCCC2)c(C(=O)O)c1. The molecule has 0 radical (unpaired) electrons. The van der Waals surface area contributed by atoms with Gasteiger partial charge in [-0.3, -0.25) is 4.79 Å². The second-order valence-electron chi connectivity index (χ2n) is 4.68. The molecule has 102 valence electrons. The first kappa shape index (κ1) is 13.4. The Morgan fingerprint density at radius 3 is 2.63 bits per heavy atom. The predicted octanol–water partition coefficient (Wildman–Crippen LogP) is 1.69. The summed E-state index contributed by atoms with van der Waals surface area (Å²) in [5.41, 5.74) is 0.935. The predicted molar refractivity (Wildman–Crippen MR) is 69.4 cm³/mol. The van der Waals surface area contributed by atoms with Crippen LogP contribution in [-0.4, -0.2) is 41.6 Å². The first-order valence-electron chi connectivity index (χ1n) is 6.32. The van der Waals surface area contributed by atoms with Gasteiger partial charge in [0.1, 0.15) is 11.3 Å². The summed E-state index contributed by atoms with van der Waals surface area (Å²) in [6, 6.07) is 4.90. The second-order valence-corrected chi connectivity index (χ2v) is 4.68. The number of carboxylic acid groups (broad SMARTS) is 1. The van der Waals surface area contributed by atoms with E-state index in [4.69, 9.17) is 9.84 Å². The van der Waals surface area contributed by atoms with Gasteiger partial charge < -0.3 is 14.7 Å². The normalized spacial score (nSPS) is 14.5. The first-order valence-corrected chi connectivity index (χ1v) is 6.32. The molecule has 1 N–H and O–H groups in total. The molecule has 0 aromatic heterocycles. The van der Waals surface area contributed by atoms with E-state index in [0.717, 1.165) is 31.5 Å². The highest BCUT2D eigenvalue weighted by Crippen LogP contribution is 2.20. The molecule has 5 nitrogen and oxygen atoms in total. The standard InChI is InChI=1S/C14H17NO4/c1-10-4-5-12(11(8-10)14(17)18)19-9-13(16)15-6-2-3-7-15/h4-5,8H,2-3,6-7,9H2,1H3,(H,17,18). The fourth-order valence-corrected chi connectivity index (χ4v) is 2.13. The number of rotatable bonds is 4. The van der Waals surface area contributed by atoms with Crippen LogP contribution in [0.5, 0.6) is 5.75 Å². The molecule has 2 rings (SSSR count). The van der Waals surface area contributed by atoms with Crippen molar-refractivity contribution >= 4 is 11.9 Å². The van der Waals surface area contributed by atoms with Gasteiger partial charge in [-0.1, -0.05) is 11.6 Å². The van der Waals surface area contributed by atoms with Gasteiger partial charge in [0.2, 0.25) is 0 Å². The fourth-order valence-electron chi connectivity index (χ4n) is 2.13. The van der Waals surface area contributed by atoms with Crippen molar-refractivity contribution in [2.75, 3.05) is 19.7 Å². The van der Waals surface area contributed by atoms with E-state index in [9.17, 15) is 9.59 Å². The topological polar surface area (TPSA) is 66.8 Å². The number of hydrogen-bond acceptors (Lipinski definition) is 3. The van der Waals surface area contributed by atoms with Crippen LogP contribution in [0.4, 0.5) is 0 Å². The van der Waals surface area contributed by atoms with Gasteiger partial charge >= 0.3 is 5.97 Å². The summed E-state index contributed by atoms with van der Waals surface area (Å²) in [5.74, 6) is -0.896. The largest absolute Gasteiger partial charge is 0.483 e. The van der Waals surface area contributed by atoms with E-state index in [2.05, 4.69) is 0 Å². The van der Waals surface area contributed by atoms with Crippen molar-refractivity contribution in [2.45, 2.75) is 19.8 Å². The lowest BCUT2D eigenvalue weighted by atomic mass is 10.1. The summed E-state index contributed by atoms with van der Waals surface area (Å²) >= 11 is 0. The van der Waals surface area contributed by atoms with E-state index < -0.39 is 5.97 Å². The minimum absolute atomic E-state index is 0.0885. The smallest absolute Gasteiger partial charge is 0.339 e. The maximum absolute atomic E-state index is 11.8. The van der Waals surface area contributed by atoms with E-state index in [1.807, 2.05) is 6.92 Å². The fraction of sp³-hybridized carbons (Fsp3) is 0.429. The Morgan fingerprint density at radius 1 is 1.32 bits per heavy atom. The quantitative estimate of drug-likeness (QED) is 0.897. The minimum atomic E-state index is -1.05. The molecule has 1 saturated heterocycles. The third-order valence-corrected chi connectivity index (χ3v) is 3.18. The van der Waals surface area contributed by atoms with Gasteiger partial charge in [0, 0.05) is 13.1 Å². The van der Waals surface area contributed by atoms with Gasteiger partial charge in [-0.2, -0.15) is 0 Å². The summed E-state index contributed by atoms with van der Waals surface area (Å²) in [7, 11) is 0. The molecule has 1 fully saturated rings. The number of nitrogens with zero attached hydrogens (tertiary/aromatic N) is 1. The number of aryl methyl sites for hydroxylation is 1. The molecule has 0 unspecified atom stereocenters. The number of carboxylic acids is 1. The highest BCUT2D eigenvalue weighted by molar-refractivity contribution is 5.91. The number of amides is 1. The molecule has 1 aromatic carbocycles. The Balaban J connectivity index is 2.02. The molecule has 1 amide bonds. The van der Waals surface area contributed by atoms with Crippen LogP contribution < -0.4 is 4.74 Å². The van der Waals surface area contributed by atoms with Gasteiger partial charge in [-0.15, -0.1) is 0 Å². The third kappa shape index (κ3) is 3.24. The maximum atomic E-state index is 11.8. The van der Waals surface area contributed by atoms with Crippen molar-refractivity contribution in [3.05, 3.63) is 29.3 Å². The van der Waals surface area contributed by atoms with Crippen molar-refractivity contribution in [2.24, 2.45) is 0 Å². The van der Waals surface area contributed by atoms with Crippen LogP contribution in [0.25, 0.3) is 0 Å². The Bertz CT molecular complexity index is 492. The number of likely N-dealkylation sites (tertiary alicyclic amines) is 1. The zero-order chi connectivity index (χ0) is 13.8. The zero-order valence-corrected chi connectivity index (χ0v) is 10.9. The molecule has 0 saturated carbocycles. The summed E-state index contributed by atoms with van der Waals surface area (Å²) in [5, 5.41) is 9.09. The molecule has 1 aliphatic heterocycles. The highest BCUT2D eigenvalue weighted by atomic mass is 16.5. The van der Waals surface area contributed by atoms with Gasteiger partial charge in [0.15, 0.2) is 6.61 Å². The second kappa shape index (κ2) is 5.73. The molecule has 0 atom stereocenters. The van der Waals surface area contributed by atoms with Gasteiger partial charge in [0.25, 0.3) is 5.91 Å². The number of ether oxygens (including phenoxy) is 1. The molecule has 1 aliphatic rings. The van der Waals surface area contributed by atoms with Crippen LogP contribution in [0.15, 0.2) is 18.2 Å². The number of benzene rings is 1. The van der Waals surface area contributed by atoms with Crippen LogP contribution in [0.2, 0.25) is 0 Å². The monoisotopic (exact) mass is 263 g/mol. The summed E-state index contributed by atoms with van der Waals surface area (Å²) in [6.07, 6.45) is 2.05. The van der Waals surface area contributed by atoms with E-state index in [-0.39, 0.29) is 23.8 Å². The lowest BCUT2D eigenvalue weighted by Gasteiger charge is -2.16. The van der Waals surface area contributed by atoms with E-state index in [0.29, 0.717) is 0 Å². The molecular weight excluding hydrogens is 246 g/mol. The third-order valence-electron chi connectivity index (χ3n) is 3.18. The molecule has 1 aromatic rings. The highest BCUT2D eigenvalue weighted by Gasteiger charge is 2.19. The average molecular weight is 263 g/mol. The summed E-state index contributed by atoms with van der Waals surface area (Å²) in [6.45, 7) is 3.23. The zero-order valence-electron chi connectivity index (χ0n) is 10.9. The number of hydrogen-bond donors (Lipinski definition) is 1. The summed E-state index contributed by atoms with van der Waals surface area (Å²) in [4.78, 5) is 24.7. The van der Waals surface area contributed by atoms with Crippen LogP contribution >= 0.6 is 0 Å². The van der Waals surface area contributed by atoms with Crippen LogP contribution in [0.3, 0.4) is 0 Å². The van der Waals surface area contributed by atoms with Crippen molar-refractivity contribution in [3.8, 4) is 5.75 Å². The molecule has 5 heteroatoms. The van der Waals surface area contributed by atoms with Gasteiger partial charge in [-0.25, -0.2) is 4.79 Å². The Kier molecular flexibility index (Phi) is 4.04. The van der Waals surface area contributed by atoms with E-state index in [1.54, 1.807) is 17.0 Å². The molecule has 0 spiro atoms. The van der Waals surface area contributed by atoms with E-state index in [1.165, 1.54) is 6.07 Å². The molecular formula is C14H17NO4. The molecule has 0 bridgehead atoms. The van der Waals surface area contributed by atoms with Crippen molar-refractivity contribution < 1.29 is 19.4 Å². The molecule has 19 heavy (non-hydrogen) atoms. The van der Waals surface area contributed by atoms with Crippen LogP contribution in [-0.2, 0) is 4.79 Å². The minimum Gasteiger partial charge on any atom is -0.483 e. The van der Waals surface area contributed by atoms with Crippen molar-refractivity contribution in [1.82, 2.24) is 4.90 Å². The Hall–Kier alpha value is -2.04. The number of carbonyl (C=O) groups is 2. The Morgan fingerprint density at radius 2 is 2.00 bits per heavy atom. The van der Waals surface area contributed by atoms with Crippen LogP contribution in [0, 0.1) is 6.92 Å². The average Bonchev–Trinajstić information content (AvgIpc) is 2.90. The van der Waals surface area contributed by atoms with Gasteiger partial charge in [0.05, 0.1) is 0 Å². The lowest BCUT2D eigenvalue weighted by molar-refractivity contribution is -0.132. The van der Waals surface area contributed by atoms with Crippen molar-refractivity contribution in [1.29, 1.82) is 0 Å². The maximum Gasteiger partial charge on any atom is 0.339 e. The molecule has 0 aliphatic carbocycles. The number of aromatic carboxylic acids is 1. The number of carbonyl (C=O) groups excluding carboxylic acids is 1. The first-order chi connectivity index (χ1) is 9.08. The summed E-state index contributed by atoms with van der Waals surface area (Å²) < 4.78 is 5.36. The lowest BCUT2D eigenvalue weighted by Crippen LogP contribution is -2.32. The van der Waals surface area contributed by atoms with Gasteiger partial charge in [-0.05, 0) is 31.9 Å².